The van der Waals surface area contributed by atoms with Crippen molar-refractivity contribution in [1.82, 2.24) is 9.97 Å². The topological polar surface area (TPSA) is 69.1 Å². The Kier molecular flexibility index (Phi) is 3.84. The molecule has 3 N–H and O–H groups in total. The van der Waals surface area contributed by atoms with E-state index in [0.717, 1.165) is 50.6 Å². The molecule has 0 atom stereocenters. The van der Waals surface area contributed by atoms with E-state index >= 15 is 0 Å². The number of aromatic hydroxyl groups is 2. The second-order valence-electron chi connectivity index (χ2n) is 6.48. The van der Waals surface area contributed by atoms with Gasteiger partial charge in [0.1, 0.15) is 17.3 Å². The predicted octanol–water partition coefficient (Wildman–Crippen LogP) is 4.70. The van der Waals surface area contributed by atoms with Crippen LogP contribution in [0.5, 0.6) is 11.5 Å². The predicted molar refractivity (Wildman–Crippen MR) is 96.5 cm³/mol. The molecule has 3 aromatic rings. The Morgan fingerprint density at radius 1 is 0.708 bits per heavy atom. The molecule has 3 rings (SSSR count). The maximum absolute atomic E-state index is 9.97. The third kappa shape index (κ3) is 2.64. The Hall–Kier alpha value is -2.75. The highest BCUT2D eigenvalue weighted by molar-refractivity contribution is 5.70. The number of H-pyrrole nitrogens is 1. The first-order chi connectivity index (χ1) is 11.3. The molecule has 124 valence electrons. The summed E-state index contributed by atoms with van der Waals surface area (Å²) in [5, 5.41) is 19.9. The average molecular weight is 322 g/mol. The van der Waals surface area contributed by atoms with Crippen LogP contribution in [0.1, 0.15) is 27.9 Å². The lowest BCUT2D eigenvalue weighted by molar-refractivity contribution is 0.466. The smallest absolute Gasteiger partial charge is 0.138 e. The number of aromatic nitrogens is 2. The molecular weight excluding hydrogens is 300 g/mol. The van der Waals surface area contributed by atoms with Crippen LogP contribution in [0, 0.1) is 34.6 Å². The van der Waals surface area contributed by atoms with Crippen LogP contribution in [0.25, 0.3) is 22.6 Å². The van der Waals surface area contributed by atoms with Crippen LogP contribution in [0.2, 0.25) is 0 Å². The number of benzene rings is 2. The van der Waals surface area contributed by atoms with Gasteiger partial charge in [-0.05, 0) is 81.1 Å². The van der Waals surface area contributed by atoms with Crippen molar-refractivity contribution >= 4 is 0 Å². The summed E-state index contributed by atoms with van der Waals surface area (Å²) in [4.78, 5) is 8.09. The van der Waals surface area contributed by atoms with Crippen LogP contribution in [-0.4, -0.2) is 20.2 Å². The van der Waals surface area contributed by atoms with Crippen molar-refractivity contribution in [2.24, 2.45) is 0 Å². The Balaban J connectivity index is 2.12. The second-order valence-corrected chi connectivity index (χ2v) is 6.48. The largest absolute Gasteiger partial charge is 0.507 e. The van der Waals surface area contributed by atoms with Crippen molar-refractivity contribution in [1.29, 1.82) is 0 Å². The number of nitrogens with zero attached hydrogens (tertiary/aromatic N) is 1. The molecule has 0 fully saturated rings. The van der Waals surface area contributed by atoms with Crippen LogP contribution in [0.4, 0.5) is 0 Å². The van der Waals surface area contributed by atoms with E-state index in [-0.39, 0.29) is 0 Å². The zero-order valence-corrected chi connectivity index (χ0v) is 14.7. The minimum absolute atomic E-state index is 0.326. The first kappa shape index (κ1) is 16.1. The summed E-state index contributed by atoms with van der Waals surface area (Å²) in [5.74, 6) is 1.43. The fourth-order valence-corrected chi connectivity index (χ4v) is 3.06. The molecule has 0 radical (unpaired) electrons. The van der Waals surface area contributed by atoms with Gasteiger partial charge in [0.2, 0.25) is 0 Å². The van der Waals surface area contributed by atoms with Gasteiger partial charge in [0.25, 0.3) is 0 Å². The summed E-state index contributed by atoms with van der Waals surface area (Å²) >= 11 is 0. The Morgan fingerprint density at radius 3 is 1.58 bits per heavy atom. The molecule has 1 heterocycles. The van der Waals surface area contributed by atoms with Gasteiger partial charge in [0, 0.05) is 16.8 Å². The highest BCUT2D eigenvalue weighted by Crippen LogP contribution is 2.33. The molecule has 0 saturated heterocycles. The minimum atomic E-state index is 0.326. The van der Waals surface area contributed by atoms with E-state index in [0.29, 0.717) is 11.5 Å². The van der Waals surface area contributed by atoms with Gasteiger partial charge < -0.3 is 15.2 Å². The lowest BCUT2D eigenvalue weighted by Crippen LogP contribution is -1.88. The summed E-state index contributed by atoms with van der Waals surface area (Å²) in [6, 6.07) is 7.75. The third-order valence-electron chi connectivity index (χ3n) is 4.41. The summed E-state index contributed by atoms with van der Waals surface area (Å²) in [6.07, 6.45) is 0. The van der Waals surface area contributed by atoms with E-state index in [2.05, 4.69) is 4.98 Å². The van der Waals surface area contributed by atoms with E-state index in [1.54, 1.807) is 0 Å². The molecule has 0 unspecified atom stereocenters. The molecule has 0 bridgehead atoms. The van der Waals surface area contributed by atoms with Crippen LogP contribution in [0.15, 0.2) is 24.3 Å². The Labute approximate surface area is 141 Å². The average Bonchev–Trinajstić information content (AvgIpc) is 2.91. The first-order valence-electron chi connectivity index (χ1n) is 7.95. The fraction of sp³-hybridized carbons (Fsp3) is 0.250. The number of phenols is 2. The zero-order chi connectivity index (χ0) is 17.6. The van der Waals surface area contributed by atoms with Gasteiger partial charge in [-0.2, -0.15) is 0 Å². The summed E-state index contributed by atoms with van der Waals surface area (Å²) in [7, 11) is 0. The monoisotopic (exact) mass is 322 g/mol. The van der Waals surface area contributed by atoms with Crippen molar-refractivity contribution in [3.63, 3.8) is 0 Å². The molecule has 0 amide bonds. The van der Waals surface area contributed by atoms with Crippen LogP contribution in [-0.2, 0) is 0 Å². The highest BCUT2D eigenvalue weighted by atomic mass is 16.3. The quantitative estimate of drug-likeness (QED) is 0.640. The maximum atomic E-state index is 9.97. The molecule has 0 spiro atoms. The molecule has 0 aliphatic rings. The first-order valence-corrected chi connectivity index (χ1v) is 7.95. The lowest BCUT2D eigenvalue weighted by Gasteiger charge is -2.07. The van der Waals surface area contributed by atoms with Crippen LogP contribution < -0.4 is 0 Å². The molecule has 4 nitrogen and oxygen atoms in total. The molecule has 4 heteroatoms. The highest BCUT2D eigenvalue weighted by Gasteiger charge is 2.14. The van der Waals surface area contributed by atoms with Gasteiger partial charge in [-0.25, -0.2) is 4.98 Å². The van der Waals surface area contributed by atoms with E-state index in [1.807, 2.05) is 58.9 Å². The minimum Gasteiger partial charge on any atom is -0.507 e. The number of rotatable bonds is 2. The fourth-order valence-electron chi connectivity index (χ4n) is 3.06. The Bertz CT molecular complexity index is 893. The van der Waals surface area contributed by atoms with Crippen molar-refractivity contribution in [2.75, 3.05) is 0 Å². The lowest BCUT2D eigenvalue weighted by atomic mass is 10.0. The summed E-state index contributed by atoms with van der Waals surface area (Å²) in [6.45, 7) is 9.54. The molecule has 0 aliphatic heterocycles. The molecule has 2 aromatic carbocycles. The van der Waals surface area contributed by atoms with Gasteiger partial charge in [-0.15, -0.1) is 0 Å². The van der Waals surface area contributed by atoms with Crippen LogP contribution in [0.3, 0.4) is 0 Å². The summed E-state index contributed by atoms with van der Waals surface area (Å²) < 4.78 is 0. The van der Waals surface area contributed by atoms with Crippen molar-refractivity contribution in [3.05, 3.63) is 52.2 Å². The van der Waals surface area contributed by atoms with E-state index in [9.17, 15) is 10.2 Å². The zero-order valence-electron chi connectivity index (χ0n) is 14.7. The second kappa shape index (κ2) is 5.71. The van der Waals surface area contributed by atoms with Gasteiger partial charge in [0.15, 0.2) is 0 Å². The summed E-state index contributed by atoms with van der Waals surface area (Å²) in [5.41, 5.74) is 7.11. The molecule has 0 saturated carbocycles. The SMILES string of the molecule is Cc1cc(-c2nc(-c3cc(C)c(O)c(C)c3)c(C)[nH]2)cc(C)c1O. The number of aryl methyl sites for hydroxylation is 5. The number of aromatic amines is 1. The van der Waals surface area contributed by atoms with Gasteiger partial charge in [-0.1, -0.05) is 0 Å². The number of hydrogen-bond acceptors (Lipinski definition) is 3. The van der Waals surface area contributed by atoms with Crippen LogP contribution >= 0.6 is 0 Å². The Morgan fingerprint density at radius 2 is 1.12 bits per heavy atom. The standard InChI is InChI=1S/C20H22N2O2/c1-10-6-15(7-11(2)18(10)23)17-14(5)21-20(22-17)16-8-12(3)19(24)13(4)9-16/h6-9,23-24H,1-5H3,(H,21,22). The van der Waals surface area contributed by atoms with E-state index < -0.39 is 0 Å². The van der Waals surface area contributed by atoms with Gasteiger partial charge in [-0.3, -0.25) is 0 Å². The van der Waals surface area contributed by atoms with E-state index in [4.69, 9.17) is 4.98 Å². The van der Waals surface area contributed by atoms with Crippen molar-refractivity contribution in [3.8, 4) is 34.1 Å². The number of nitrogens with one attached hydrogen (secondary N) is 1. The normalized spacial score (nSPS) is 11.0. The van der Waals surface area contributed by atoms with Crippen molar-refractivity contribution in [2.45, 2.75) is 34.6 Å². The van der Waals surface area contributed by atoms with E-state index in [1.165, 1.54) is 0 Å². The third-order valence-corrected chi connectivity index (χ3v) is 4.41. The molecule has 24 heavy (non-hydrogen) atoms. The van der Waals surface area contributed by atoms with Gasteiger partial charge >= 0.3 is 0 Å². The van der Waals surface area contributed by atoms with Gasteiger partial charge in [0.05, 0.1) is 5.69 Å². The number of imidazole rings is 1. The molecular formula is C20H22N2O2. The number of hydrogen-bond donors (Lipinski definition) is 3. The molecule has 1 aromatic heterocycles. The molecule has 0 aliphatic carbocycles. The van der Waals surface area contributed by atoms with Crippen molar-refractivity contribution < 1.29 is 10.2 Å². The number of phenolic OH excluding ortho intramolecular Hbond substituents is 2. The maximum Gasteiger partial charge on any atom is 0.138 e.